The van der Waals surface area contributed by atoms with Crippen LogP contribution >= 0.6 is 0 Å². The third-order valence-electron chi connectivity index (χ3n) is 1.85. The highest BCUT2D eigenvalue weighted by Gasteiger charge is 2.27. The molecule has 0 aromatic rings. The molecule has 0 radical (unpaired) electrons. The molecule has 1 N–H and O–H groups in total. The third-order valence-corrected chi connectivity index (χ3v) is 1.85. The number of rotatable bonds is 2. The Morgan fingerprint density at radius 1 is 1.20 bits per heavy atom. The van der Waals surface area contributed by atoms with E-state index in [0.717, 1.165) is 0 Å². The van der Waals surface area contributed by atoms with Crippen LogP contribution in [0.2, 0.25) is 0 Å². The quantitative estimate of drug-likeness (QED) is 0.711. The van der Waals surface area contributed by atoms with Crippen LogP contribution in [0.25, 0.3) is 0 Å². The number of hydrogen-bond donors (Lipinski definition) is 1. The molecule has 1 atom stereocenters. The van der Waals surface area contributed by atoms with Crippen LogP contribution < -0.4 is 0 Å². The van der Waals surface area contributed by atoms with Crippen LogP contribution in [0.3, 0.4) is 0 Å². The smallest absolute Gasteiger partial charge is 0.173 e. The van der Waals surface area contributed by atoms with Gasteiger partial charge in [-0.15, -0.1) is 0 Å². The predicted molar refractivity (Wildman–Crippen MR) is 62.3 cm³/mol. The molecule has 0 aromatic heterocycles. The molecule has 0 amide bonds. The van der Waals surface area contributed by atoms with Crippen LogP contribution in [-0.4, -0.2) is 17.0 Å². The fourth-order valence-electron chi connectivity index (χ4n) is 0.976. The van der Waals surface area contributed by atoms with Crippen molar-refractivity contribution in [2.75, 3.05) is 0 Å². The lowest BCUT2D eigenvalue weighted by Gasteiger charge is -2.23. The molecule has 0 rings (SSSR count). The summed E-state index contributed by atoms with van der Waals surface area (Å²) in [6.45, 7) is 11.5. The Morgan fingerprint density at radius 3 is 2.00 bits per heavy atom. The zero-order valence-electron chi connectivity index (χ0n) is 10.6. The SMILES string of the molecule is CC(C)(C)C#CCC(=O)C(O)C(C)(C)C. The first-order valence-electron chi connectivity index (χ1n) is 5.25. The molecule has 86 valence electrons. The van der Waals surface area contributed by atoms with E-state index >= 15 is 0 Å². The standard InChI is InChI=1S/C13H22O2/c1-12(2,3)9-7-8-10(14)11(15)13(4,5)6/h11,15H,8H2,1-6H3. The molecule has 1 unspecified atom stereocenters. The molecule has 2 nitrogen and oxygen atoms in total. The highest BCUT2D eigenvalue weighted by molar-refractivity contribution is 5.85. The van der Waals surface area contributed by atoms with Crippen LogP contribution in [0.5, 0.6) is 0 Å². The van der Waals surface area contributed by atoms with Gasteiger partial charge < -0.3 is 5.11 Å². The molecule has 0 saturated heterocycles. The Balaban J connectivity index is 4.33. The highest BCUT2D eigenvalue weighted by atomic mass is 16.3. The van der Waals surface area contributed by atoms with Crippen molar-refractivity contribution in [2.24, 2.45) is 10.8 Å². The van der Waals surface area contributed by atoms with Gasteiger partial charge in [0.1, 0.15) is 6.10 Å². The number of aliphatic hydroxyl groups excluding tert-OH is 1. The van der Waals surface area contributed by atoms with Gasteiger partial charge in [-0.2, -0.15) is 0 Å². The predicted octanol–water partition coefficient (Wildman–Crippen LogP) is 2.40. The van der Waals surface area contributed by atoms with Crippen molar-refractivity contribution in [2.45, 2.75) is 54.1 Å². The van der Waals surface area contributed by atoms with E-state index in [-0.39, 0.29) is 17.6 Å². The lowest BCUT2D eigenvalue weighted by molar-refractivity contribution is -0.131. The molecule has 0 aromatic carbocycles. The van der Waals surface area contributed by atoms with E-state index in [2.05, 4.69) is 11.8 Å². The van der Waals surface area contributed by atoms with E-state index < -0.39 is 11.5 Å². The van der Waals surface area contributed by atoms with E-state index in [4.69, 9.17) is 0 Å². The lowest BCUT2D eigenvalue weighted by atomic mass is 9.86. The van der Waals surface area contributed by atoms with E-state index in [1.165, 1.54) is 0 Å². The van der Waals surface area contributed by atoms with E-state index in [9.17, 15) is 9.90 Å². The zero-order valence-corrected chi connectivity index (χ0v) is 10.6. The Labute approximate surface area is 93.1 Å². The van der Waals surface area contributed by atoms with Gasteiger partial charge in [0.25, 0.3) is 0 Å². The van der Waals surface area contributed by atoms with Crippen LogP contribution in [-0.2, 0) is 4.79 Å². The van der Waals surface area contributed by atoms with Crippen molar-refractivity contribution >= 4 is 5.78 Å². The maximum absolute atomic E-state index is 11.5. The molecule has 0 aliphatic carbocycles. The zero-order chi connectivity index (χ0) is 12.3. The summed E-state index contributed by atoms with van der Waals surface area (Å²) < 4.78 is 0. The van der Waals surface area contributed by atoms with Crippen molar-refractivity contribution in [3.63, 3.8) is 0 Å². The summed E-state index contributed by atoms with van der Waals surface area (Å²) in [5.41, 5.74) is -0.493. The summed E-state index contributed by atoms with van der Waals surface area (Å²) in [4.78, 5) is 11.5. The largest absolute Gasteiger partial charge is 0.385 e. The fraction of sp³-hybridized carbons (Fsp3) is 0.769. The molecular formula is C13H22O2. The second kappa shape index (κ2) is 4.81. The van der Waals surface area contributed by atoms with Crippen molar-refractivity contribution in [3.05, 3.63) is 0 Å². The first kappa shape index (κ1) is 14.2. The van der Waals surface area contributed by atoms with Crippen LogP contribution in [0.1, 0.15) is 48.0 Å². The summed E-state index contributed by atoms with van der Waals surface area (Å²) in [7, 11) is 0. The minimum atomic E-state index is -0.924. The van der Waals surface area contributed by atoms with Crippen molar-refractivity contribution in [3.8, 4) is 11.8 Å². The van der Waals surface area contributed by atoms with Crippen LogP contribution in [0.15, 0.2) is 0 Å². The second-order valence-electron chi connectivity index (χ2n) is 5.96. The summed E-state index contributed by atoms with van der Waals surface area (Å²) >= 11 is 0. The maximum atomic E-state index is 11.5. The molecule has 2 heteroatoms. The molecule has 0 fully saturated rings. The lowest BCUT2D eigenvalue weighted by Crippen LogP contribution is -2.33. The summed E-state index contributed by atoms with van der Waals surface area (Å²) in [5.74, 6) is 5.60. The van der Waals surface area contributed by atoms with Gasteiger partial charge in [0.15, 0.2) is 5.78 Å². The number of Topliss-reactive ketones (excluding diaryl/α,β-unsaturated/α-hetero) is 1. The molecule has 0 heterocycles. The third kappa shape index (κ3) is 6.30. The molecule has 0 bridgehead atoms. The maximum Gasteiger partial charge on any atom is 0.173 e. The molecule has 0 aliphatic heterocycles. The van der Waals surface area contributed by atoms with Crippen molar-refractivity contribution in [1.29, 1.82) is 0 Å². The van der Waals surface area contributed by atoms with Gasteiger partial charge in [0.2, 0.25) is 0 Å². The number of aliphatic hydroxyl groups is 1. The van der Waals surface area contributed by atoms with Gasteiger partial charge in [-0.1, -0.05) is 32.6 Å². The Kier molecular flexibility index (Phi) is 4.55. The minimum absolute atomic E-state index is 0.0903. The van der Waals surface area contributed by atoms with E-state index in [0.29, 0.717) is 0 Å². The van der Waals surface area contributed by atoms with Crippen molar-refractivity contribution in [1.82, 2.24) is 0 Å². The Hall–Kier alpha value is -0.810. The summed E-state index contributed by atoms with van der Waals surface area (Å²) in [6.07, 6.45) is -0.790. The average Bonchev–Trinajstić information content (AvgIpc) is 1.98. The Morgan fingerprint density at radius 2 is 1.67 bits per heavy atom. The highest BCUT2D eigenvalue weighted by Crippen LogP contribution is 2.20. The second-order valence-corrected chi connectivity index (χ2v) is 5.96. The van der Waals surface area contributed by atoms with Gasteiger partial charge in [-0.3, -0.25) is 4.79 Å². The van der Waals surface area contributed by atoms with Gasteiger partial charge in [0, 0.05) is 5.41 Å². The van der Waals surface area contributed by atoms with E-state index in [1.54, 1.807) is 0 Å². The fourth-order valence-corrected chi connectivity index (χ4v) is 0.976. The summed E-state index contributed by atoms with van der Waals surface area (Å²) in [5, 5.41) is 9.67. The minimum Gasteiger partial charge on any atom is -0.385 e. The Bertz CT molecular complexity index is 278. The summed E-state index contributed by atoms with van der Waals surface area (Å²) in [6, 6.07) is 0. The molecule has 0 saturated carbocycles. The molecule has 0 spiro atoms. The average molecular weight is 210 g/mol. The van der Waals surface area contributed by atoms with Crippen LogP contribution in [0, 0.1) is 22.7 Å². The first-order valence-corrected chi connectivity index (χ1v) is 5.25. The number of carbonyl (C=O) groups excluding carboxylic acids is 1. The van der Waals surface area contributed by atoms with Crippen molar-refractivity contribution < 1.29 is 9.90 Å². The number of carbonyl (C=O) groups is 1. The van der Waals surface area contributed by atoms with Gasteiger partial charge in [0.05, 0.1) is 6.42 Å². The molecule has 0 aliphatic rings. The van der Waals surface area contributed by atoms with Gasteiger partial charge in [-0.05, 0) is 26.2 Å². The normalized spacial score (nSPS) is 14.1. The first-order chi connectivity index (χ1) is 6.54. The number of ketones is 1. The van der Waals surface area contributed by atoms with E-state index in [1.807, 2.05) is 41.5 Å². The van der Waals surface area contributed by atoms with Gasteiger partial charge >= 0.3 is 0 Å². The van der Waals surface area contributed by atoms with Crippen LogP contribution in [0.4, 0.5) is 0 Å². The monoisotopic (exact) mass is 210 g/mol. The number of hydrogen-bond acceptors (Lipinski definition) is 2. The van der Waals surface area contributed by atoms with Gasteiger partial charge in [-0.25, -0.2) is 0 Å². The molecule has 15 heavy (non-hydrogen) atoms. The topological polar surface area (TPSA) is 37.3 Å². The molecular weight excluding hydrogens is 188 g/mol.